The van der Waals surface area contributed by atoms with Gasteiger partial charge in [0.1, 0.15) is 5.69 Å². The van der Waals surface area contributed by atoms with E-state index < -0.39 is 12.1 Å². The molecule has 5 rings (SSSR count). The first-order valence-corrected chi connectivity index (χ1v) is 9.97. The third kappa shape index (κ3) is 3.01. The first-order chi connectivity index (χ1) is 13.8. The molecule has 0 aliphatic carbocycles. The molecule has 3 aliphatic heterocycles. The number of allylic oxidation sites excluding steroid dienone is 1. The molecule has 1 spiro atoms. The van der Waals surface area contributed by atoms with E-state index in [-0.39, 0.29) is 12.2 Å². The van der Waals surface area contributed by atoms with Gasteiger partial charge in [0.2, 0.25) is 0 Å². The van der Waals surface area contributed by atoms with Gasteiger partial charge in [0.05, 0.1) is 24.3 Å². The predicted molar refractivity (Wildman–Crippen MR) is 102 cm³/mol. The van der Waals surface area contributed by atoms with Crippen molar-refractivity contribution in [3.63, 3.8) is 0 Å². The van der Waals surface area contributed by atoms with Crippen LogP contribution in [0.1, 0.15) is 43.2 Å². The van der Waals surface area contributed by atoms with Gasteiger partial charge in [-0.2, -0.15) is 0 Å². The fourth-order valence-corrected chi connectivity index (χ4v) is 4.28. The number of para-hydroxylation sites is 1. The van der Waals surface area contributed by atoms with E-state index in [9.17, 15) is 0 Å². The van der Waals surface area contributed by atoms with Crippen molar-refractivity contribution in [1.29, 1.82) is 0 Å². The largest absolute Gasteiger partial charge is 0.464 e. The van der Waals surface area contributed by atoms with E-state index in [1.807, 2.05) is 30.3 Å². The number of nitrogens with zero attached hydrogens (tertiary/aromatic N) is 1. The molecule has 6 heteroatoms. The van der Waals surface area contributed by atoms with Gasteiger partial charge in [0, 0.05) is 24.7 Å². The van der Waals surface area contributed by atoms with E-state index in [1.54, 1.807) is 13.4 Å². The van der Waals surface area contributed by atoms with Crippen LogP contribution in [0.15, 0.2) is 42.7 Å². The number of rotatable bonds is 4. The highest BCUT2D eigenvalue weighted by atomic mass is 16.8. The van der Waals surface area contributed by atoms with E-state index >= 15 is 0 Å². The van der Waals surface area contributed by atoms with Crippen LogP contribution in [0.3, 0.4) is 0 Å². The molecule has 1 fully saturated rings. The molecule has 0 saturated carbocycles. The lowest BCUT2D eigenvalue weighted by molar-refractivity contribution is -0.317. The van der Waals surface area contributed by atoms with Crippen molar-refractivity contribution in [2.45, 2.75) is 44.1 Å². The highest BCUT2D eigenvalue weighted by Crippen LogP contribution is 2.51. The zero-order valence-electron chi connectivity index (χ0n) is 16.0. The minimum absolute atomic E-state index is 0.0458. The monoisotopic (exact) mass is 383 g/mol. The summed E-state index contributed by atoms with van der Waals surface area (Å²) in [5.41, 5.74) is 2.60. The summed E-state index contributed by atoms with van der Waals surface area (Å²) in [6, 6.07) is 10.1. The normalized spacial score (nSPS) is 31.8. The lowest BCUT2D eigenvalue weighted by Crippen LogP contribution is -2.42. The van der Waals surface area contributed by atoms with E-state index in [4.69, 9.17) is 28.7 Å². The maximum absolute atomic E-state index is 6.35. The first-order valence-electron chi connectivity index (χ1n) is 9.97. The summed E-state index contributed by atoms with van der Waals surface area (Å²) in [5.74, 6) is -1.06. The van der Waals surface area contributed by atoms with Crippen molar-refractivity contribution in [1.82, 2.24) is 4.98 Å². The maximum Gasteiger partial charge on any atom is 0.261 e. The Hall–Kier alpha value is -1.99. The minimum Gasteiger partial charge on any atom is -0.464 e. The summed E-state index contributed by atoms with van der Waals surface area (Å²) in [6.07, 6.45) is 6.97. The Balaban J connectivity index is 1.50. The van der Waals surface area contributed by atoms with Gasteiger partial charge >= 0.3 is 0 Å². The lowest BCUT2D eigenvalue weighted by Gasteiger charge is -2.38. The summed E-state index contributed by atoms with van der Waals surface area (Å²) in [7, 11) is 1.64. The SMILES string of the molecule is CO[C@H]1O[C@]2(OC=CCC2COC2CCCCO2)c2nc3ccccc3cc21. The van der Waals surface area contributed by atoms with Crippen molar-refractivity contribution in [3.8, 4) is 0 Å². The average molecular weight is 383 g/mol. The molecule has 2 unspecified atom stereocenters. The second kappa shape index (κ2) is 7.44. The van der Waals surface area contributed by atoms with Gasteiger partial charge in [-0.1, -0.05) is 18.2 Å². The van der Waals surface area contributed by atoms with Crippen LogP contribution in [0.25, 0.3) is 10.9 Å². The second-order valence-corrected chi connectivity index (χ2v) is 7.52. The van der Waals surface area contributed by atoms with Crippen molar-refractivity contribution >= 4 is 10.9 Å². The Morgan fingerprint density at radius 1 is 1.25 bits per heavy atom. The van der Waals surface area contributed by atoms with Crippen LogP contribution >= 0.6 is 0 Å². The van der Waals surface area contributed by atoms with E-state index in [1.165, 1.54) is 0 Å². The van der Waals surface area contributed by atoms with Crippen LogP contribution in [0, 0.1) is 5.92 Å². The van der Waals surface area contributed by atoms with Crippen molar-refractivity contribution in [2.75, 3.05) is 20.3 Å². The van der Waals surface area contributed by atoms with Crippen LogP contribution < -0.4 is 0 Å². The van der Waals surface area contributed by atoms with Crippen molar-refractivity contribution in [3.05, 3.63) is 53.9 Å². The van der Waals surface area contributed by atoms with Crippen molar-refractivity contribution in [2.24, 2.45) is 5.92 Å². The van der Waals surface area contributed by atoms with Crippen molar-refractivity contribution < 1.29 is 23.7 Å². The fraction of sp³-hybridized carbons (Fsp3) is 0.500. The molecule has 0 radical (unpaired) electrons. The van der Waals surface area contributed by atoms with Gasteiger partial charge in [0.15, 0.2) is 12.6 Å². The third-order valence-electron chi connectivity index (χ3n) is 5.75. The Kier molecular flexibility index (Phi) is 4.80. The smallest absolute Gasteiger partial charge is 0.261 e. The van der Waals surface area contributed by atoms with Crippen LogP contribution in [0.5, 0.6) is 0 Å². The zero-order valence-corrected chi connectivity index (χ0v) is 16.0. The van der Waals surface area contributed by atoms with Gasteiger partial charge in [-0.25, -0.2) is 4.98 Å². The van der Waals surface area contributed by atoms with Gasteiger partial charge in [0.25, 0.3) is 5.79 Å². The van der Waals surface area contributed by atoms with Crippen LogP contribution in [0.4, 0.5) is 0 Å². The quantitative estimate of drug-likeness (QED) is 0.790. The molecule has 2 aromatic rings. The summed E-state index contributed by atoms with van der Waals surface area (Å²) in [4.78, 5) is 4.93. The average Bonchev–Trinajstić information content (AvgIpc) is 3.05. The number of fused-ring (bicyclic) bond motifs is 3. The molecule has 6 nitrogen and oxygen atoms in total. The molecule has 148 valence electrons. The van der Waals surface area contributed by atoms with Gasteiger partial charge in [-0.05, 0) is 43.9 Å². The Bertz CT molecular complexity index is 878. The number of benzene rings is 1. The van der Waals surface area contributed by atoms with E-state index in [2.05, 4.69) is 6.07 Å². The molecule has 28 heavy (non-hydrogen) atoms. The fourth-order valence-electron chi connectivity index (χ4n) is 4.28. The van der Waals surface area contributed by atoms with Crippen LogP contribution in [-0.2, 0) is 29.5 Å². The molecule has 4 heterocycles. The molecule has 0 bridgehead atoms. The standard InChI is InChI=1S/C22H25NO5/c1-24-21-17-13-15-7-2-3-9-18(15)23-20(17)22(28-21)16(8-6-12-27-22)14-26-19-10-4-5-11-25-19/h2-3,6-7,9,12-13,16,19,21H,4-5,8,10-11,14H2,1H3/t16?,19?,21-,22-/m0/s1. The van der Waals surface area contributed by atoms with E-state index in [0.717, 1.165) is 54.5 Å². The molecule has 0 N–H and O–H groups in total. The molecule has 1 saturated heterocycles. The van der Waals surface area contributed by atoms with Gasteiger partial charge in [-0.15, -0.1) is 0 Å². The molecule has 0 amide bonds. The van der Waals surface area contributed by atoms with Gasteiger partial charge in [-0.3, -0.25) is 0 Å². The first kappa shape index (κ1) is 18.1. The molecular formula is C22H25NO5. The summed E-state index contributed by atoms with van der Waals surface area (Å²) >= 11 is 0. The third-order valence-corrected chi connectivity index (χ3v) is 5.75. The van der Waals surface area contributed by atoms with Crippen LogP contribution in [0.2, 0.25) is 0 Å². The topological polar surface area (TPSA) is 59.0 Å². The Morgan fingerprint density at radius 2 is 2.18 bits per heavy atom. The second-order valence-electron chi connectivity index (χ2n) is 7.52. The Labute approximate surface area is 164 Å². The Morgan fingerprint density at radius 3 is 3.04 bits per heavy atom. The predicted octanol–water partition coefficient (Wildman–Crippen LogP) is 4.16. The molecular weight excluding hydrogens is 358 g/mol. The summed E-state index contributed by atoms with van der Waals surface area (Å²) in [5, 5.41) is 1.05. The molecule has 3 aliphatic rings. The highest BCUT2D eigenvalue weighted by Gasteiger charge is 2.55. The number of methoxy groups -OCH3 is 1. The lowest BCUT2D eigenvalue weighted by atomic mass is 9.90. The van der Waals surface area contributed by atoms with Crippen LogP contribution in [-0.4, -0.2) is 31.6 Å². The molecule has 4 atom stereocenters. The summed E-state index contributed by atoms with van der Waals surface area (Å²) in [6.45, 7) is 1.23. The molecule has 1 aromatic heterocycles. The highest BCUT2D eigenvalue weighted by molar-refractivity contribution is 5.79. The zero-order chi connectivity index (χ0) is 19.0. The number of aromatic nitrogens is 1. The molecule has 1 aromatic carbocycles. The number of hydrogen-bond donors (Lipinski definition) is 0. The van der Waals surface area contributed by atoms with Gasteiger partial charge < -0.3 is 23.7 Å². The summed E-state index contributed by atoms with van der Waals surface area (Å²) < 4.78 is 29.9. The number of hydrogen-bond acceptors (Lipinski definition) is 6. The maximum atomic E-state index is 6.35. The minimum atomic E-state index is -1.01. The number of ether oxygens (including phenoxy) is 5. The van der Waals surface area contributed by atoms with E-state index in [0.29, 0.717) is 6.61 Å². The number of pyridine rings is 1.